The van der Waals surface area contributed by atoms with Crippen LogP contribution in [0.25, 0.3) is 11.5 Å². The largest absolute Gasteiger partial charge is 0.349 e. The Kier molecular flexibility index (Phi) is 4.44. The molecule has 19 heavy (non-hydrogen) atoms. The van der Waals surface area contributed by atoms with E-state index in [4.69, 9.17) is 0 Å². The summed E-state index contributed by atoms with van der Waals surface area (Å²) in [6.45, 7) is 2.65. The summed E-state index contributed by atoms with van der Waals surface area (Å²) >= 11 is 0. The summed E-state index contributed by atoms with van der Waals surface area (Å²) in [5, 5.41) is 17.9. The summed E-state index contributed by atoms with van der Waals surface area (Å²) in [7, 11) is 0. The van der Waals surface area contributed by atoms with Gasteiger partial charge in [0.05, 0.1) is 0 Å². The van der Waals surface area contributed by atoms with Crippen LogP contribution in [0.5, 0.6) is 0 Å². The zero-order valence-corrected chi connectivity index (χ0v) is 10.6. The van der Waals surface area contributed by atoms with Crippen molar-refractivity contribution in [2.24, 2.45) is 0 Å². The van der Waals surface area contributed by atoms with Gasteiger partial charge in [-0.2, -0.15) is 0 Å². The molecule has 7 heteroatoms. The van der Waals surface area contributed by atoms with Crippen molar-refractivity contribution in [1.82, 2.24) is 30.7 Å². The van der Waals surface area contributed by atoms with Crippen LogP contribution >= 0.6 is 0 Å². The number of hydrogen-bond donors (Lipinski definition) is 1. The van der Waals surface area contributed by atoms with Crippen LogP contribution in [-0.4, -0.2) is 37.8 Å². The van der Waals surface area contributed by atoms with E-state index in [9.17, 15) is 4.79 Å². The van der Waals surface area contributed by atoms with Gasteiger partial charge in [-0.15, -0.1) is 20.4 Å². The molecule has 0 saturated carbocycles. The number of hydrogen-bond acceptors (Lipinski definition) is 6. The van der Waals surface area contributed by atoms with E-state index in [1.807, 2.05) is 13.0 Å². The van der Waals surface area contributed by atoms with Gasteiger partial charge in [0.2, 0.25) is 5.82 Å². The maximum absolute atomic E-state index is 11.6. The average Bonchev–Trinajstić information content (AvgIpc) is 2.48. The minimum Gasteiger partial charge on any atom is -0.349 e. The molecule has 0 aromatic carbocycles. The molecular weight excluding hydrogens is 244 g/mol. The first-order chi connectivity index (χ1) is 9.31. The Bertz CT molecular complexity index is 528. The number of rotatable bonds is 5. The monoisotopic (exact) mass is 258 g/mol. The van der Waals surface area contributed by atoms with E-state index >= 15 is 0 Å². The normalized spacial score (nSPS) is 10.2. The lowest BCUT2D eigenvalue weighted by Gasteiger charge is -2.02. The predicted molar refractivity (Wildman–Crippen MR) is 68.1 cm³/mol. The standard InChI is InChI=1S/C12H14N6O/c1-2-3-7-14-12(19)11-17-15-10(16-18-11)9-6-4-5-8-13-9/h4-6,8H,2-3,7H2,1H3,(H,14,19). The van der Waals surface area contributed by atoms with E-state index in [-0.39, 0.29) is 11.7 Å². The molecule has 0 saturated heterocycles. The van der Waals surface area contributed by atoms with Gasteiger partial charge in [0.15, 0.2) is 0 Å². The highest BCUT2D eigenvalue weighted by molar-refractivity contribution is 5.90. The van der Waals surface area contributed by atoms with Crippen LogP contribution in [0.15, 0.2) is 24.4 Å². The summed E-state index contributed by atoms with van der Waals surface area (Å²) < 4.78 is 0. The van der Waals surface area contributed by atoms with Crippen LogP contribution in [-0.2, 0) is 0 Å². The van der Waals surface area contributed by atoms with E-state index < -0.39 is 0 Å². The number of aromatic nitrogens is 5. The number of carbonyl (C=O) groups excluding carboxylic acids is 1. The van der Waals surface area contributed by atoms with Crippen LogP contribution in [0.3, 0.4) is 0 Å². The van der Waals surface area contributed by atoms with E-state index in [0.717, 1.165) is 12.8 Å². The van der Waals surface area contributed by atoms with Crippen LogP contribution in [0.4, 0.5) is 0 Å². The molecule has 98 valence electrons. The van der Waals surface area contributed by atoms with Crippen molar-refractivity contribution in [1.29, 1.82) is 0 Å². The summed E-state index contributed by atoms with van der Waals surface area (Å²) in [5.74, 6) is -0.0949. The zero-order valence-electron chi connectivity index (χ0n) is 10.6. The lowest BCUT2D eigenvalue weighted by molar-refractivity contribution is 0.0940. The lowest BCUT2D eigenvalue weighted by Crippen LogP contribution is -2.27. The highest BCUT2D eigenvalue weighted by Crippen LogP contribution is 2.07. The summed E-state index contributed by atoms with van der Waals surface area (Å²) in [5.41, 5.74) is 0.570. The third-order valence-corrected chi connectivity index (χ3v) is 2.39. The molecule has 1 N–H and O–H groups in total. The second kappa shape index (κ2) is 6.48. The third-order valence-electron chi connectivity index (χ3n) is 2.39. The van der Waals surface area contributed by atoms with Crippen molar-refractivity contribution in [2.75, 3.05) is 6.54 Å². The summed E-state index contributed by atoms with van der Waals surface area (Å²) in [6, 6.07) is 5.36. The van der Waals surface area contributed by atoms with Gasteiger partial charge in [0.1, 0.15) is 5.69 Å². The molecule has 0 aliphatic heterocycles. The fraction of sp³-hybridized carbons (Fsp3) is 0.333. The van der Waals surface area contributed by atoms with Crippen LogP contribution in [0.1, 0.15) is 30.4 Å². The molecule has 0 bridgehead atoms. The third kappa shape index (κ3) is 3.51. The first-order valence-electron chi connectivity index (χ1n) is 6.08. The smallest absolute Gasteiger partial charge is 0.292 e. The van der Waals surface area contributed by atoms with Gasteiger partial charge in [-0.1, -0.05) is 19.4 Å². The van der Waals surface area contributed by atoms with E-state index in [2.05, 4.69) is 30.7 Å². The zero-order chi connectivity index (χ0) is 13.5. The van der Waals surface area contributed by atoms with E-state index in [1.165, 1.54) is 0 Å². The maximum Gasteiger partial charge on any atom is 0.292 e. The molecule has 2 rings (SSSR count). The topological polar surface area (TPSA) is 93.6 Å². The van der Waals surface area contributed by atoms with Gasteiger partial charge in [0.25, 0.3) is 11.7 Å². The minimum absolute atomic E-state index is 0.0317. The fourth-order valence-corrected chi connectivity index (χ4v) is 1.38. The van der Waals surface area contributed by atoms with Crippen LogP contribution < -0.4 is 5.32 Å². The number of unbranched alkanes of at least 4 members (excludes halogenated alkanes) is 1. The second-order valence-electron chi connectivity index (χ2n) is 3.87. The SMILES string of the molecule is CCCCNC(=O)c1nnc(-c2ccccn2)nn1. The van der Waals surface area contributed by atoms with Gasteiger partial charge >= 0.3 is 0 Å². The van der Waals surface area contributed by atoms with Crippen molar-refractivity contribution < 1.29 is 4.79 Å². The van der Waals surface area contributed by atoms with Crippen molar-refractivity contribution in [3.63, 3.8) is 0 Å². The molecule has 0 unspecified atom stereocenters. The van der Waals surface area contributed by atoms with Gasteiger partial charge in [-0.25, -0.2) is 0 Å². The highest BCUT2D eigenvalue weighted by Gasteiger charge is 2.11. The van der Waals surface area contributed by atoms with Crippen molar-refractivity contribution in [2.45, 2.75) is 19.8 Å². The number of nitrogens with one attached hydrogen (secondary N) is 1. The van der Waals surface area contributed by atoms with Crippen molar-refractivity contribution in [3.8, 4) is 11.5 Å². The summed E-state index contributed by atoms with van der Waals surface area (Å²) in [4.78, 5) is 15.7. The van der Waals surface area contributed by atoms with E-state index in [1.54, 1.807) is 18.3 Å². The molecule has 0 fully saturated rings. The molecule has 0 spiro atoms. The number of nitrogens with zero attached hydrogens (tertiary/aromatic N) is 5. The molecule has 2 aromatic heterocycles. The molecule has 7 nitrogen and oxygen atoms in total. The predicted octanol–water partition coefficient (Wildman–Crippen LogP) is 0.858. The lowest BCUT2D eigenvalue weighted by atomic mass is 10.3. The molecule has 0 aliphatic rings. The van der Waals surface area contributed by atoms with Crippen LogP contribution in [0, 0.1) is 0 Å². The maximum atomic E-state index is 11.6. The molecule has 0 atom stereocenters. The van der Waals surface area contributed by atoms with Gasteiger partial charge in [0, 0.05) is 12.7 Å². The molecule has 0 radical (unpaired) electrons. The van der Waals surface area contributed by atoms with Crippen molar-refractivity contribution >= 4 is 5.91 Å². The Morgan fingerprint density at radius 2 is 2.00 bits per heavy atom. The van der Waals surface area contributed by atoms with E-state index in [0.29, 0.717) is 18.1 Å². The first kappa shape index (κ1) is 13.0. The molecule has 2 heterocycles. The van der Waals surface area contributed by atoms with Gasteiger partial charge in [-0.05, 0) is 18.6 Å². The Hall–Kier alpha value is -2.44. The van der Waals surface area contributed by atoms with Gasteiger partial charge < -0.3 is 5.32 Å². The molecule has 0 aliphatic carbocycles. The number of amides is 1. The number of pyridine rings is 1. The molecular formula is C12H14N6O. The van der Waals surface area contributed by atoms with Crippen LogP contribution in [0.2, 0.25) is 0 Å². The molecule has 2 aromatic rings. The average molecular weight is 258 g/mol. The quantitative estimate of drug-likeness (QED) is 0.799. The van der Waals surface area contributed by atoms with Crippen molar-refractivity contribution in [3.05, 3.63) is 30.2 Å². The fourth-order valence-electron chi connectivity index (χ4n) is 1.38. The Labute approximate surface area is 110 Å². The minimum atomic E-state index is -0.360. The second-order valence-corrected chi connectivity index (χ2v) is 3.87. The first-order valence-corrected chi connectivity index (χ1v) is 6.08. The Balaban J connectivity index is 2.04. The number of carbonyl (C=O) groups is 1. The molecule has 1 amide bonds. The Morgan fingerprint density at radius 1 is 1.21 bits per heavy atom. The highest BCUT2D eigenvalue weighted by atomic mass is 16.2. The van der Waals surface area contributed by atoms with Gasteiger partial charge in [-0.3, -0.25) is 9.78 Å². The summed E-state index contributed by atoms with van der Waals surface area (Å²) in [6.07, 6.45) is 3.55. The Morgan fingerprint density at radius 3 is 2.63 bits per heavy atom.